The lowest BCUT2D eigenvalue weighted by Gasteiger charge is -2.31. The van der Waals surface area contributed by atoms with Crippen LogP contribution in [-0.4, -0.2) is 43.8 Å². The number of likely N-dealkylation sites (tertiary alicyclic amines) is 1. The third kappa shape index (κ3) is 6.18. The Labute approximate surface area is 135 Å². The number of carbonyl (C=O) groups is 1. The second-order valence-electron chi connectivity index (χ2n) is 5.50. The summed E-state index contributed by atoms with van der Waals surface area (Å²) in [5.41, 5.74) is 9.16. The summed E-state index contributed by atoms with van der Waals surface area (Å²) in [6, 6.07) is 9.67. The molecule has 0 aromatic heterocycles. The van der Waals surface area contributed by atoms with Crippen LogP contribution in [0.15, 0.2) is 35.4 Å². The largest absolute Gasteiger partial charge is 0.445 e. The maximum atomic E-state index is 12.0. The van der Waals surface area contributed by atoms with Crippen LogP contribution in [0.2, 0.25) is 0 Å². The van der Waals surface area contributed by atoms with Gasteiger partial charge in [-0.25, -0.2) is 4.79 Å². The first kappa shape index (κ1) is 17.1. The van der Waals surface area contributed by atoms with Crippen molar-refractivity contribution in [3.05, 3.63) is 46.3 Å². The summed E-state index contributed by atoms with van der Waals surface area (Å²) in [4.78, 5) is 16.5. The van der Waals surface area contributed by atoms with E-state index in [1.807, 2.05) is 30.3 Å². The van der Waals surface area contributed by atoms with Crippen molar-refractivity contribution in [1.29, 1.82) is 0 Å². The minimum Gasteiger partial charge on any atom is -0.445 e. The summed E-state index contributed by atoms with van der Waals surface area (Å²) < 4.78 is 10.8. The molecule has 1 fully saturated rings. The predicted octanol–water partition coefficient (Wildman–Crippen LogP) is 3.36. The van der Waals surface area contributed by atoms with Crippen LogP contribution in [0.4, 0.5) is 4.79 Å². The molecule has 0 bridgehead atoms. The Hall–Kier alpha value is -2.24. The van der Waals surface area contributed by atoms with Crippen LogP contribution in [0.25, 0.3) is 10.4 Å². The van der Waals surface area contributed by atoms with Crippen molar-refractivity contribution in [2.75, 3.05) is 32.8 Å². The topological polar surface area (TPSA) is 87.5 Å². The first-order valence-electron chi connectivity index (χ1n) is 7.84. The quantitative estimate of drug-likeness (QED) is 0.334. The molecule has 0 N–H and O–H groups in total. The van der Waals surface area contributed by atoms with Crippen LogP contribution in [0.3, 0.4) is 0 Å². The molecule has 124 valence electrons. The standard InChI is InChI=1S/C16H22N4O3/c17-19-18-8-11-22-12-15-6-9-20(10-7-15)16(21)23-13-14-4-2-1-3-5-14/h1-5,15H,6-13H2. The maximum absolute atomic E-state index is 12.0. The Balaban J connectivity index is 1.61. The van der Waals surface area contributed by atoms with Crippen molar-refractivity contribution < 1.29 is 14.3 Å². The Morgan fingerprint density at radius 1 is 1.30 bits per heavy atom. The fraction of sp³-hybridized carbons (Fsp3) is 0.562. The van der Waals surface area contributed by atoms with E-state index >= 15 is 0 Å². The number of rotatable bonds is 7. The molecule has 1 saturated heterocycles. The second kappa shape index (κ2) is 9.71. The van der Waals surface area contributed by atoms with E-state index in [2.05, 4.69) is 10.0 Å². The van der Waals surface area contributed by atoms with Gasteiger partial charge in [0.2, 0.25) is 0 Å². The van der Waals surface area contributed by atoms with Gasteiger partial charge in [-0.15, -0.1) is 0 Å². The molecule has 1 amide bonds. The average Bonchev–Trinajstić information content (AvgIpc) is 2.61. The summed E-state index contributed by atoms with van der Waals surface area (Å²) in [5, 5.41) is 3.42. The highest BCUT2D eigenvalue weighted by Gasteiger charge is 2.23. The zero-order valence-electron chi connectivity index (χ0n) is 13.1. The van der Waals surface area contributed by atoms with E-state index in [1.165, 1.54) is 0 Å². The summed E-state index contributed by atoms with van der Waals surface area (Å²) >= 11 is 0. The molecule has 0 aliphatic carbocycles. The number of azide groups is 1. The molecule has 0 spiro atoms. The second-order valence-corrected chi connectivity index (χ2v) is 5.50. The Kier molecular flexibility index (Phi) is 7.23. The molecule has 0 atom stereocenters. The fourth-order valence-electron chi connectivity index (χ4n) is 2.49. The minimum absolute atomic E-state index is 0.253. The lowest BCUT2D eigenvalue weighted by Crippen LogP contribution is -2.39. The normalized spacial score (nSPS) is 15.0. The van der Waals surface area contributed by atoms with Gasteiger partial charge in [0, 0.05) is 31.2 Å². The third-order valence-corrected chi connectivity index (χ3v) is 3.83. The van der Waals surface area contributed by atoms with Gasteiger partial charge in [-0.1, -0.05) is 35.4 Å². The molecule has 0 unspecified atom stereocenters. The van der Waals surface area contributed by atoms with Gasteiger partial charge in [0.25, 0.3) is 0 Å². The van der Waals surface area contributed by atoms with Crippen LogP contribution < -0.4 is 0 Å². The van der Waals surface area contributed by atoms with Gasteiger partial charge in [-0.05, 0) is 29.9 Å². The summed E-state index contributed by atoms with van der Waals surface area (Å²) in [6.07, 6.45) is 1.56. The van der Waals surface area contributed by atoms with Crippen molar-refractivity contribution in [3.8, 4) is 0 Å². The van der Waals surface area contributed by atoms with Crippen molar-refractivity contribution in [1.82, 2.24) is 4.90 Å². The smallest absolute Gasteiger partial charge is 0.410 e. The highest BCUT2D eigenvalue weighted by molar-refractivity contribution is 5.67. The lowest BCUT2D eigenvalue weighted by atomic mass is 9.98. The number of nitrogens with zero attached hydrogens (tertiary/aromatic N) is 4. The van der Waals surface area contributed by atoms with E-state index in [4.69, 9.17) is 15.0 Å². The van der Waals surface area contributed by atoms with Crippen LogP contribution in [0.5, 0.6) is 0 Å². The lowest BCUT2D eigenvalue weighted by molar-refractivity contribution is 0.0551. The Bertz CT molecular complexity index is 523. The van der Waals surface area contributed by atoms with Crippen molar-refractivity contribution in [2.24, 2.45) is 11.0 Å². The molecule has 1 aromatic carbocycles. The van der Waals surface area contributed by atoms with Gasteiger partial charge in [0.15, 0.2) is 0 Å². The van der Waals surface area contributed by atoms with Crippen LogP contribution in [0, 0.1) is 5.92 Å². The minimum atomic E-state index is -0.253. The third-order valence-electron chi connectivity index (χ3n) is 3.83. The van der Waals surface area contributed by atoms with Gasteiger partial charge in [-0.2, -0.15) is 0 Å². The molecular weight excluding hydrogens is 296 g/mol. The molecule has 7 heteroatoms. The SMILES string of the molecule is [N-]=[N+]=NCCOCC1CCN(C(=O)OCc2ccccc2)CC1. The number of amides is 1. The molecule has 1 aliphatic rings. The van der Waals surface area contributed by atoms with E-state index in [0.717, 1.165) is 18.4 Å². The number of hydrogen-bond acceptors (Lipinski definition) is 4. The monoisotopic (exact) mass is 318 g/mol. The zero-order valence-corrected chi connectivity index (χ0v) is 13.1. The van der Waals surface area contributed by atoms with Crippen molar-refractivity contribution in [3.63, 3.8) is 0 Å². The first-order chi connectivity index (χ1) is 11.3. The van der Waals surface area contributed by atoms with E-state index in [9.17, 15) is 4.79 Å². The summed E-state index contributed by atoms with van der Waals surface area (Å²) in [7, 11) is 0. The number of carbonyl (C=O) groups excluding carboxylic acids is 1. The zero-order chi connectivity index (χ0) is 16.3. The Morgan fingerprint density at radius 3 is 2.74 bits per heavy atom. The number of ether oxygens (including phenoxy) is 2. The summed E-state index contributed by atoms with van der Waals surface area (Å²) in [6.45, 7) is 3.15. The summed E-state index contributed by atoms with van der Waals surface area (Å²) in [5.74, 6) is 0.444. The molecule has 23 heavy (non-hydrogen) atoms. The van der Waals surface area contributed by atoms with Gasteiger partial charge >= 0.3 is 6.09 Å². The van der Waals surface area contributed by atoms with E-state index in [1.54, 1.807) is 4.90 Å². The van der Waals surface area contributed by atoms with Crippen LogP contribution >= 0.6 is 0 Å². The van der Waals surface area contributed by atoms with Gasteiger partial charge in [0.05, 0.1) is 6.61 Å². The molecule has 7 nitrogen and oxygen atoms in total. The molecule has 1 heterocycles. The molecule has 2 rings (SSSR count). The predicted molar refractivity (Wildman–Crippen MR) is 85.8 cm³/mol. The average molecular weight is 318 g/mol. The highest BCUT2D eigenvalue weighted by atomic mass is 16.6. The highest BCUT2D eigenvalue weighted by Crippen LogP contribution is 2.18. The van der Waals surface area contributed by atoms with E-state index in [-0.39, 0.29) is 6.09 Å². The van der Waals surface area contributed by atoms with E-state index < -0.39 is 0 Å². The molecule has 1 aliphatic heterocycles. The fourth-order valence-corrected chi connectivity index (χ4v) is 2.49. The van der Waals surface area contributed by atoms with Crippen molar-refractivity contribution in [2.45, 2.75) is 19.4 Å². The number of piperidine rings is 1. The number of benzene rings is 1. The van der Waals surface area contributed by atoms with Gasteiger partial charge in [0.1, 0.15) is 6.61 Å². The molecule has 0 saturated carbocycles. The first-order valence-corrected chi connectivity index (χ1v) is 7.84. The van der Waals surface area contributed by atoms with Gasteiger partial charge < -0.3 is 14.4 Å². The molecule has 1 aromatic rings. The number of hydrogen-bond donors (Lipinski definition) is 0. The van der Waals surface area contributed by atoms with Gasteiger partial charge in [-0.3, -0.25) is 0 Å². The maximum Gasteiger partial charge on any atom is 0.410 e. The van der Waals surface area contributed by atoms with Crippen molar-refractivity contribution >= 4 is 6.09 Å². The Morgan fingerprint density at radius 2 is 2.04 bits per heavy atom. The van der Waals surface area contributed by atoms with E-state index in [0.29, 0.717) is 45.4 Å². The molecular formula is C16H22N4O3. The van der Waals surface area contributed by atoms with Crippen LogP contribution in [-0.2, 0) is 16.1 Å². The molecule has 0 radical (unpaired) electrons. The van der Waals surface area contributed by atoms with Crippen LogP contribution in [0.1, 0.15) is 18.4 Å².